The quantitative estimate of drug-likeness (QED) is 0.451. The molecule has 0 aliphatic heterocycles. The summed E-state index contributed by atoms with van der Waals surface area (Å²) in [6.07, 6.45) is 1.52. The van der Waals surface area contributed by atoms with Gasteiger partial charge in [0.05, 0.1) is 32.7 Å². The lowest BCUT2D eigenvalue weighted by atomic mass is 10.1. The van der Waals surface area contributed by atoms with E-state index in [2.05, 4.69) is 20.7 Å². The fourth-order valence-corrected chi connectivity index (χ4v) is 2.69. The number of carbonyl (C=O) groups is 1. The Hall–Kier alpha value is -3.81. The van der Waals surface area contributed by atoms with E-state index >= 15 is 0 Å². The molecule has 0 saturated carbocycles. The molecule has 150 valence electrons. The van der Waals surface area contributed by atoms with E-state index in [1.165, 1.54) is 6.21 Å². The van der Waals surface area contributed by atoms with Crippen molar-refractivity contribution >= 4 is 12.1 Å². The van der Waals surface area contributed by atoms with Gasteiger partial charge in [-0.25, -0.2) is 5.43 Å². The van der Waals surface area contributed by atoms with Gasteiger partial charge in [-0.15, -0.1) is 0 Å². The Bertz CT molecular complexity index is 1010. The summed E-state index contributed by atoms with van der Waals surface area (Å²) in [6.45, 7) is 2.45. The Morgan fingerprint density at radius 3 is 2.66 bits per heavy atom. The van der Waals surface area contributed by atoms with E-state index in [-0.39, 0.29) is 5.69 Å². The highest BCUT2D eigenvalue weighted by Crippen LogP contribution is 2.29. The number of hydrazone groups is 1. The van der Waals surface area contributed by atoms with Crippen molar-refractivity contribution < 1.29 is 19.0 Å². The molecule has 1 amide bonds. The number of hydrogen-bond acceptors (Lipinski definition) is 6. The number of carbonyl (C=O) groups excluding carboxylic acids is 1. The van der Waals surface area contributed by atoms with Gasteiger partial charge in [0.2, 0.25) is 0 Å². The van der Waals surface area contributed by atoms with Crippen LogP contribution in [0.3, 0.4) is 0 Å². The number of nitrogens with zero attached hydrogens (tertiary/aromatic N) is 2. The monoisotopic (exact) mass is 394 g/mol. The average molecular weight is 394 g/mol. The van der Waals surface area contributed by atoms with E-state index in [9.17, 15) is 4.79 Å². The van der Waals surface area contributed by atoms with Gasteiger partial charge in [0.25, 0.3) is 5.91 Å². The second kappa shape index (κ2) is 9.41. The minimum atomic E-state index is -0.408. The Morgan fingerprint density at radius 1 is 1.10 bits per heavy atom. The number of methoxy groups -OCH3 is 2. The number of para-hydroxylation sites is 1. The Balaban J connectivity index is 1.69. The first-order valence-corrected chi connectivity index (χ1v) is 8.99. The number of aromatic nitrogens is 2. The van der Waals surface area contributed by atoms with Crippen LogP contribution in [0.4, 0.5) is 0 Å². The third-order valence-electron chi connectivity index (χ3n) is 4.07. The summed E-state index contributed by atoms with van der Waals surface area (Å²) in [6, 6.07) is 14.5. The summed E-state index contributed by atoms with van der Waals surface area (Å²) in [4.78, 5) is 12.3. The fraction of sp³-hybridized carbons (Fsp3) is 0.190. The van der Waals surface area contributed by atoms with E-state index in [0.717, 1.165) is 11.1 Å². The van der Waals surface area contributed by atoms with Crippen LogP contribution in [0.2, 0.25) is 0 Å². The van der Waals surface area contributed by atoms with Gasteiger partial charge in [-0.1, -0.05) is 12.1 Å². The first-order valence-electron chi connectivity index (χ1n) is 8.99. The summed E-state index contributed by atoms with van der Waals surface area (Å²) in [5.74, 6) is 1.49. The molecule has 0 unspecified atom stereocenters. The number of aromatic amines is 1. The molecular weight excluding hydrogens is 372 g/mol. The maximum absolute atomic E-state index is 12.3. The van der Waals surface area contributed by atoms with Gasteiger partial charge in [-0.2, -0.15) is 10.2 Å². The molecule has 0 spiro atoms. The lowest BCUT2D eigenvalue weighted by Crippen LogP contribution is -2.18. The molecule has 2 aromatic carbocycles. The zero-order valence-electron chi connectivity index (χ0n) is 16.4. The van der Waals surface area contributed by atoms with Crippen LogP contribution >= 0.6 is 0 Å². The number of nitrogens with one attached hydrogen (secondary N) is 2. The van der Waals surface area contributed by atoms with Crippen molar-refractivity contribution in [2.24, 2.45) is 5.10 Å². The number of ether oxygens (including phenoxy) is 3. The highest BCUT2D eigenvalue weighted by molar-refractivity contribution is 5.94. The number of hydrogen-bond donors (Lipinski definition) is 2. The molecule has 0 bridgehead atoms. The van der Waals surface area contributed by atoms with Gasteiger partial charge in [-0.3, -0.25) is 9.89 Å². The number of amides is 1. The van der Waals surface area contributed by atoms with Crippen molar-refractivity contribution in [3.05, 3.63) is 59.8 Å². The van der Waals surface area contributed by atoms with Gasteiger partial charge in [0.15, 0.2) is 11.5 Å². The van der Waals surface area contributed by atoms with Crippen LogP contribution in [0.15, 0.2) is 53.6 Å². The molecule has 3 aromatic rings. The van der Waals surface area contributed by atoms with Crippen molar-refractivity contribution in [2.45, 2.75) is 6.92 Å². The van der Waals surface area contributed by atoms with Crippen molar-refractivity contribution in [1.82, 2.24) is 15.6 Å². The van der Waals surface area contributed by atoms with Crippen molar-refractivity contribution in [2.75, 3.05) is 20.8 Å². The molecule has 1 heterocycles. The van der Waals surface area contributed by atoms with Crippen LogP contribution in [0, 0.1) is 0 Å². The summed E-state index contributed by atoms with van der Waals surface area (Å²) in [5.41, 5.74) is 4.93. The highest BCUT2D eigenvalue weighted by Gasteiger charge is 2.13. The van der Waals surface area contributed by atoms with Gasteiger partial charge < -0.3 is 14.2 Å². The van der Waals surface area contributed by atoms with Gasteiger partial charge in [0, 0.05) is 5.56 Å². The van der Waals surface area contributed by atoms with Gasteiger partial charge in [0.1, 0.15) is 11.4 Å². The zero-order valence-corrected chi connectivity index (χ0v) is 16.4. The predicted octanol–water partition coefficient (Wildman–Crippen LogP) is 3.26. The van der Waals surface area contributed by atoms with Crippen LogP contribution in [-0.2, 0) is 0 Å². The minimum Gasteiger partial charge on any atom is -0.493 e. The second-order valence-corrected chi connectivity index (χ2v) is 5.91. The molecule has 0 aliphatic rings. The SMILES string of the molecule is CCOc1ccccc1-c1cc(C(=O)N/N=C\c2ccc(OC)c(OC)c2)[nH]n1. The molecule has 1 aromatic heterocycles. The fourth-order valence-electron chi connectivity index (χ4n) is 2.69. The second-order valence-electron chi connectivity index (χ2n) is 5.91. The van der Waals surface area contributed by atoms with Crippen molar-refractivity contribution in [1.29, 1.82) is 0 Å². The first kappa shape index (κ1) is 19.9. The molecule has 3 rings (SSSR count). The van der Waals surface area contributed by atoms with E-state index in [1.54, 1.807) is 38.5 Å². The average Bonchev–Trinajstić information content (AvgIpc) is 3.24. The molecule has 29 heavy (non-hydrogen) atoms. The maximum Gasteiger partial charge on any atom is 0.289 e. The topological polar surface area (TPSA) is 97.8 Å². The van der Waals surface area contributed by atoms with Gasteiger partial charge in [-0.05, 0) is 48.9 Å². The van der Waals surface area contributed by atoms with Crippen molar-refractivity contribution in [3.8, 4) is 28.5 Å². The Labute approximate surface area is 168 Å². The lowest BCUT2D eigenvalue weighted by molar-refractivity contribution is 0.0950. The third-order valence-corrected chi connectivity index (χ3v) is 4.07. The van der Waals surface area contributed by atoms with Crippen LogP contribution in [0.1, 0.15) is 23.0 Å². The smallest absolute Gasteiger partial charge is 0.289 e. The van der Waals surface area contributed by atoms with Crippen LogP contribution in [0.25, 0.3) is 11.3 Å². The van der Waals surface area contributed by atoms with Gasteiger partial charge >= 0.3 is 0 Å². The molecule has 0 radical (unpaired) electrons. The molecular formula is C21H22N4O4. The molecule has 0 atom stereocenters. The molecule has 0 saturated heterocycles. The van der Waals surface area contributed by atoms with Crippen LogP contribution < -0.4 is 19.6 Å². The molecule has 8 heteroatoms. The van der Waals surface area contributed by atoms with E-state index in [4.69, 9.17) is 14.2 Å². The third kappa shape index (κ3) is 4.73. The predicted molar refractivity (Wildman–Crippen MR) is 110 cm³/mol. The Morgan fingerprint density at radius 2 is 1.90 bits per heavy atom. The van der Waals surface area contributed by atoms with Crippen molar-refractivity contribution in [3.63, 3.8) is 0 Å². The molecule has 0 aliphatic carbocycles. The van der Waals surface area contributed by atoms with E-state index < -0.39 is 5.91 Å². The largest absolute Gasteiger partial charge is 0.493 e. The maximum atomic E-state index is 12.3. The number of rotatable bonds is 8. The number of H-pyrrole nitrogens is 1. The summed E-state index contributed by atoms with van der Waals surface area (Å²) < 4.78 is 16.1. The summed E-state index contributed by atoms with van der Waals surface area (Å²) in [5, 5.41) is 10.9. The number of benzene rings is 2. The zero-order chi connectivity index (χ0) is 20.6. The standard InChI is InChI=1S/C21H22N4O4/c1-4-29-18-8-6-5-7-15(18)16-12-17(24-23-16)21(26)25-22-13-14-9-10-19(27-2)20(11-14)28-3/h5-13H,4H2,1-3H3,(H,23,24)(H,25,26)/b22-13-. The first-order chi connectivity index (χ1) is 14.2. The lowest BCUT2D eigenvalue weighted by Gasteiger charge is -2.07. The summed E-state index contributed by atoms with van der Waals surface area (Å²) >= 11 is 0. The molecule has 0 fully saturated rings. The van der Waals surface area contributed by atoms with Crippen LogP contribution in [-0.4, -0.2) is 43.1 Å². The Kier molecular flexibility index (Phi) is 6.47. The molecule has 2 N–H and O–H groups in total. The van der Waals surface area contributed by atoms with E-state index in [1.807, 2.05) is 31.2 Å². The van der Waals surface area contributed by atoms with E-state index in [0.29, 0.717) is 29.5 Å². The highest BCUT2D eigenvalue weighted by atomic mass is 16.5. The normalized spacial score (nSPS) is 10.7. The van der Waals surface area contributed by atoms with Crippen LogP contribution in [0.5, 0.6) is 17.2 Å². The summed E-state index contributed by atoms with van der Waals surface area (Å²) in [7, 11) is 3.12. The molecule has 8 nitrogen and oxygen atoms in total. The minimum absolute atomic E-state index is 0.288.